The summed E-state index contributed by atoms with van der Waals surface area (Å²) in [5, 5.41) is 7.29. The number of nitrogens with zero attached hydrogens (tertiary/aromatic N) is 3. The number of ether oxygens (including phenoxy) is 1. The first-order valence-electron chi connectivity index (χ1n) is 4.99. The molecule has 5 nitrogen and oxygen atoms in total. The maximum atomic E-state index is 5.33. The number of nitrogens with one attached hydrogen (secondary N) is 1. The molecule has 1 unspecified atom stereocenters. The largest absolute Gasteiger partial charge is 0.381 e. The summed E-state index contributed by atoms with van der Waals surface area (Å²) in [7, 11) is 1.91. The maximum Gasteiger partial charge on any atom is 0.140 e. The minimum absolute atomic E-state index is 0.604. The van der Waals surface area contributed by atoms with Crippen LogP contribution in [0.3, 0.4) is 0 Å². The predicted octanol–water partition coefficient (Wildman–Crippen LogP) is 0.0340. The fraction of sp³-hybridized carbons (Fsp3) is 0.778. The third-order valence-electron chi connectivity index (χ3n) is 2.49. The lowest BCUT2D eigenvalue weighted by molar-refractivity contribution is 0.181. The lowest BCUT2D eigenvalue weighted by Gasteiger charge is -2.09. The van der Waals surface area contributed by atoms with E-state index in [1.165, 1.54) is 0 Å². The molecule has 0 saturated carbocycles. The highest BCUT2D eigenvalue weighted by Gasteiger charge is 2.17. The van der Waals surface area contributed by atoms with Crippen molar-refractivity contribution in [3.8, 4) is 0 Å². The van der Waals surface area contributed by atoms with Gasteiger partial charge in [-0.1, -0.05) is 0 Å². The van der Waals surface area contributed by atoms with Crippen LogP contribution in [0.4, 0.5) is 0 Å². The second-order valence-corrected chi connectivity index (χ2v) is 3.62. The first-order valence-corrected chi connectivity index (χ1v) is 4.99. The summed E-state index contributed by atoms with van der Waals surface area (Å²) in [6.45, 7) is 3.45. The first kappa shape index (κ1) is 9.61. The van der Waals surface area contributed by atoms with E-state index in [2.05, 4.69) is 15.4 Å². The zero-order chi connectivity index (χ0) is 9.80. The molecule has 1 aliphatic heterocycles. The molecule has 14 heavy (non-hydrogen) atoms. The Hall–Kier alpha value is -0.940. The van der Waals surface area contributed by atoms with Crippen LogP contribution in [0.25, 0.3) is 0 Å². The standard InChI is InChI=1S/C9H16N4O/c1-10-4-9-11-7-12-13(9)5-8-2-3-14-6-8/h7-8,10H,2-6H2,1H3. The van der Waals surface area contributed by atoms with Gasteiger partial charge in [-0.15, -0.1) is 0 Å². The van der Waals surface area contributed by atoms with Crippen molar-refractivity contribution in [3.63, 3.8) is 0 Å². The average Bonchev–Trinajstić information content (AvgIpc) is 2.80. The Morgan fingerprint density at radius 2 is 2.64 bits per heavy atom. The molecule has 5 heteroatoms. The summed E-state index contributed by atoms with van der Waals surface area (Å²) in [6, 6.07) is 0. The van der Waals surface area contributed by atoms with Gasteiger partial charge in [0.2, 0.25) is 0 Å². The minimum atomic E-state index is 0.604. The average molecular weight is 196 g/mol. The summed E-state index contributed by atoms with van der Waals surface area (Å²) in [5.74, 6) is 1.60. The van der Waals surface area contributed by atoms with E-state index in [1.54, 1.807) is 6.33 Å². The Labute approximate surface area is 83.5 Å². The van der Waals surface area contributed by atoms with Crippen LogP contribution < -0.4 is 5.32 Å². The van der Waals surface area contributed by atoms with Crippen LogP contribution in [-0.4, -0.2) is 35.0 Å². The highest BCUT2D eigenvalue weighted by molar-refractivity contribution is 4.84. The van der Waals surface area contributed by atoms with E-state index in [0.29, 0.717) is 5.92 Å². The molecule has 1 fully saturated rings. The summed E-state index contributed by atoms with van der Waals surface area (Å²) < 4.78 is 7.30. The molecule has 1 saturated heterocycles. The number of aromatic nitrogens is 3. The van der Waals surface area contributed by atoms with Crippen molar-refractivity contribution < 1.29 is 4.74 Å². The van der Waals surface area contributed by atoms with E-state index >= 15 is 0 Å². The van der Waals surface area contributed by atoms with Crippen LogP contribution in [0.1, 0.15) is 12.2 Å². The summed E-state index contributed by atoms with van der Waals surface area (Å²) in [6.07, 6.45) is 2.75. The van der Waals surface area contributed by atoms with E-state index < -0.39 is 0 Å². The Bertz CT molecular complexity index is 280. The van der Waals surface area contributed by atoms with Crippen molar-refractivity contribution in [2.75, 3.05) is 20.3 Å². The molecule has 0 spiro atoms. The molecule has 2 heterocycles. The molecule has 1 aliphatic rings. The van der Waals surface area contributed by atoms with E-state index in [4.69, 9.17) is 4.74 Å². The zero-order valence-corrected chi connectivity index (χ0v) is 8.44. The molecule has 1 atom stereocenters. The second kappa shape index (κ2) is 4.52. The van der Waals surface area contributed by atoms with Gasteiger partial charge in [0.15, 0.2) is 0 Å². The van der Waals surface area contributed by atoms with Gasteiger partial charge in [0.1, 0.15) is 12.2 Å². The van der Waals surface area contributed by atoms with Gasteiger partial charge in [-0.05, 0) is 13.5 Å². The van der Waals surface area contributed by atoms with Crippen molar-refractivity contribution >= 4 is 0 Å². The highest BCUT2D eigenvalue weighted by atomic mass is 16.5. The summed E-state index contributed by atoms with van der Waals surface area (Å²) in [4.78, 5) is 4.20. The van der Waals surface area contributed by atoms with E-state index in [-0.39, 0.29) is 0 Å². The number of hydrogen-bond donors (Lipinski definition) is 1. The van der Waals surface area contributed by atoms with Gasteiger partial charge in [-0.3, -0.25) is 0 Å². The molecule has 2 rings (SSSR count). The monoisotopic (exact) mass is 196 g/mol. The van der Waals surface area contributed by atoms with Crippen molar-refractivity contribution in [1.29, 1.82) is 0 Å². The third-order valence-corrected chi connectivity index (χ3v) is 2.49. The smallest absolute Gasteiger partial charge is 0.140 e. The number of rotatable bonds is 4. The molecular weight excluding hydrogens is 180 g/mol. The van der Waals surface area contributed by atoms with E-state index in [9.17, 15) is 0 Å². The van der Waals surface area contributed by atoms with E-state index in [0.717, 1.165) is 38.5 Å². The van der Waals surface area contributed by atoms with Gasteiger partial charge in [0.25, 0.3) is 0 Å². The van der Waals surface area contributed by atoms with Gasteiger partial charge < -0.3 is 10.1 Å². The van der Waals surface area contributed by atoms with Gasteiger partial charge in [0.05, 0.1) is 13.2 Å². The molecule has 1 N–H and O–H groups in total. The molecule has 0 aliphatic carbocycles. The Morgan fingerprint density at radius 3 is 3.36 bits per heavy atom. The van der Waals surface area contributed by atoms with Gasteiger partial charge in [0, 0.05) is 19.1 Å². The summed E-state index contributed by atoms with van der Waals surface area (Å²) >= 11 is 0. The first-order chi connectivity index (χ1) is 6.90. The van der Waals surface area contributed by atoms with Crippen molar-refractivity contribution in [1.82, 2.24) is 20.1 Å². The fourth-order valence-electron chi connectivity index (χ4n) is 1.71. The Morgan fingerprint density at radius 1 is 1.71 bits per heavy atom. The quantitative estimate of drug-likeness (QED) is 0.738. The highest BCUT2D eigenvalue weighted by Crippen LogP contribution is 2.14. The predicted molar refractivity (Wildman–Crippen MR) is 51.7 cm³/mol. The SMILES string of the molecule is CNCc1ncnn1CC1CCOC1. The number of hydrogen-bond acceptors (Lipinski definition) is 4. The molecule has 1 aromatic heterocycles. The lowest BCUT2D eigenvalue weighted by Crippen LogP contribution is -2.18. The molecule has 1 aromatic rings. The molecule has 0 radical (unpaired) electrons. The Kier molecular flexibility index (Phi) is 3.10. The maximum absolute atomic E-state index is 5.33. The fourth-order valence-corrected chi connectivity index (χ4v) is 1.71. The summed E-state index contributed by atoms with van der Waals surface area (Å²) in [5.41, 5.74) is 0. The van der Waals surface area contributed by atoms with Crippen LogP contribution in [0.15, 0.2) is 6.33 Å². The van der Waals surface area contributed by atoms with Crippen molar-refractivity contribution in [2.24, 2.45) is 5.92 Å². The van der Waals surface area contributed by atoms with Crippen molar-refractivity contribution in [2.45, 2.75) is 19.5 Å². The minimum Gasteiger partial charge on any atom is -0.381 e. The normalized spacial score (nSPS) is 21.6. The Balaban J connectivity index is 1.96. The second-order valence-electron chi connectivity index (χ2n) is 3.62. The van der Waals surface area contributed by atoms with Crippen LogP contribution >= 0.6 is 0 Å². The van der Waals surface area contributed by atoms with E-state index in [1.807, 2.05) is 11.7 Å². The van der Waals surface area contributed by atoms with Crippen LogP contribution in [0, 0.1) is 5.92 Å². The zero-order valence-electron chi connectivity index (χ0n) is 8.44. The molecular formula is C9H16N4O. The topological polar surface area (TPSA) is 52.0 Å². The molecule has 78 valence electrons. The molecule has 0 amide bonds. The van der Waals surface area contributed by atoms with Crippen molar-refractivity contribution in [3.05, 3.63) is 12.2 Å². The third kappa shape index (κ3) is 2.10. The lowest BCUT2D eigenvalue weighted by atomic mass is 10.1. The van der Waals surface area contributed by atoms with Gasteiger partial charge in [-0.25, -0.2) is 9.67 Å². The van der Waals surface area contributed by atoms with Gasteiger partial charge in [-0.2, -0.15) is 5.10 Å². The van der Waals surface area contributed by atoms with Crippen LogP contribution in [-0.2, 0) is 17.8 Å². The van der Waals surface area contributed by atoms with Crippen LogP contribution in [0.5, 0.6) is 0 Å². The van der Waals surface area contributed by atoms with Gasteiger partial charge >= 0.3 is 0 Å². The molecule has 0 aromatic carbocycles. The van der Waals surface area contributed by atoms with Crippen LogP contribution in [0.2, 0.25) is 0 Å². The molecule has 0 bridgehead atoms.